The first-order valence-corrected chi connectivity index (χ1v) is 3.73. The van der Waals surface area contributed by atoms with Crippen molar-refractivity contribution in [2.45, 2.75) is 32.8 Å². The molecule has 58 valence electrons. The summed E-state index contributed by atoms with van der Waals surface area (Å²) >= 11 is 0. The lowest BCUT2D eigenvalue weighted by atomic mass is 10.2. The maximum atomic E-state index is 8.86. The molecule has 0 aromatic heterocycles. The van der Waals surface area contributed by atoms with Crippen molar-refractivity contribution in [3.8, 4) is 0 Å². The lowest BCUT2D eigenvalue weighted by Crippen LogP contribution is -1.96. The second kappa shape index (κ2) is 6.56. The molecule has 1 N–H and O–H groups in total. The van der Waals surface area contributed by atoms with Gasteiger partial charge in [0, 0.05) is 0 Å². The highest BCUT2D eigenvalue weighted by atomic mass is 16.3. The van der Waals surface area contributed by atoms with E-state index in [4.69, 9.17) is 5.11 Å². The van der Waals surface area contributed by atoms with Crippen molar-refractivity contribution in [1.29, 1.82) is 0 Å². The van der Waals surface area contributed by atoms with E-state index in [-0.39, 0.29) is 6.10 Å². The maximum absolute atomic E-state index is 8.86. The standard InChI is InChI=1S/C9H16O/c1-3-4-5-6-7-8-9(2)10/h3-6,9-10H,7-8H2,1-2H3. The molecule has 0 aromatic rings. The molecule has 1 unspecified atom stereocenters. The number of rotatable bonds is 4. The third-order valence-corrected chi connectivity index (χ3v) is 1.19. The van der Waals surface area contributed by atoms with E-state index in [1.807, 2.05) is 32.1 Å². The number of allylic oxidation sites excluding steroid dienone is 4. The summed E-state index contributed by atoms with van der Waals surface area (Å²) in [5, 5.41) is 8.86. The fraction of sp³-hybridized carbons (Fsp3) is 0.556. The lowest BCUT2D eigenvalue weighted by Gasteiger charge is -1.97. The molecule has 0 saturated carbocycles. The summed E-state index contributed by atoms with van der Waals surface area (Å²) in [4.78, 5) is 0. The summed E-state index contributed by atoms with van der Waals surface area (Å²) in [5.74, 6) is 0. The Labute approximate surface area is 63.1 Å². The van der Waals surface area contributed by atoms with Gasteiger partial charge in [0.15, 0.2) is 0 Å². The Bertz CT molecular complexity index is 112. The Morgan fingerprint density at radius 3 is 2.60 bits per heavy atom. The molecule has 0 amide bonds. The first-order chi connectivity index (χ1) is 4.77. The molecule has 1 nitrogen and oxygen atoms in total. The van der Waals surface area contributed by atoms with Crippen LogP contribution in [0.4, 0.5) is 0 Å². The average Bonchev–Trinajstić information content (AvgIpc) is 1.87. The molecule has 0 rings (SSSR count). The number of aliphatic hydroxyl groups is 1. The van der Waals surface area contributed by atoms with Crippen LogP contribution in [0.15, 0.2) is 24.3 Å². The Kier molecular flexibility index (Phi) is 6.19. The van der Waals surface area contributed by atoms with Gasteiger partial charge >= 0.3 is 0 Å². The first kappa shape index (κ1) is 9.44. The molecule has 0 aliphatic heterocycles. The van der Waals surface area contributed by atoms with Gasteiger partial charge in [-0.1, -0.05) is 24.3 Å². The van der Waals surface area contributed by atoms with E-state index < -0.39 is 0 Å². The van der Waals surface area contributed by atoms with Crippen molar-refractivity contribution in [2.75, 3.05) is 0 Å². The van der Waals surface area contributed by atoms with E-state index in [0.29, 0.717) is 0 Å². The molecule has 0 aliphatic rings. The summed E-state index contributed by atoms with van der Waals surface area (Å²) in [6.45, 7) is 3.79. The topological polar surface area (TPSA) is 20.2 Å². The van der Waals surface area contributed by atoms with E-state index in [1.165, 1.54) is 0 Å². The molecule has 0 aliphatic carbocycles. The van der Waals surface area contributed by atoms with Crippen LogP contribution in [0.1, 0.15) is 26.7 Å². The van der Waals surface area contributed by atoms with Gasteiger partial charge in [-0.25, -0.2) is 0 Å². The van der Waals surface area contributed by atoms with Gasteiger partial charge in [0.25, 0.3) is 0 Å². The smallest absolute Gasteiger partial charge is 0.0515 e. The molecule has 10 heavy (non-hydrogen) atoms. The van der Waals surface area contributed by atoms with Gasteiger partial charge in [-0.05, 0) is 26.7 Å². The largest absolute Gasteiger partial charge is 0.393 e. The van der Waals surface area contributed by atoms with Gasteiger partial charge < -0.3 is 5.11 Å². The zero-order valence-electron chi connectivity index (χ0n) is 6.75. The van der Waals surface area contributed by atoms with Crippen molar-refractivity contribution in [3.05, 3.63) is 24.3 Å². The van der Waals surface area contributed by atoms with Gasteiger partial charge in [-0.15, -0.1) is 0 Å². The molecule has 0 aromatic carbocycles. The van der Waals surface area contributed by atoms with E-state index in [2.05, 4.69) is 6.08 Å². The van der Waals surface area contributed by atoms with Crippen LogP contribution in [0.5, 0.6) is 0 Å². The first-order valence-electron chi connectivity index (χ1n) is 3.73. The Balaban J connectivity index is 3.18. The fourth-order valence-electron chi connectivity index (χ4n) is 0.623. The SMILES string of the molecule is CC=CC=CCCC(C)O. The summed E-state index contributed by atoms with van der Waals surface area (Å²) < 4.78 is 0. The summed E-state index contributed by atoms with van der Waals surface area (Å²) in [6.07, 6.45) is 9.68. The maximum Gasteiger partial charge on any atom is 0.0515 e. The van der Waals surface area contributed by atoms with E-state index in [0.717, 1.165) is 12.8 Å². The number of hydrogen-bond acceptors (Lipinski definition) is 1. The van der Waals surface area contributed by atoms with Gasteiger partial charge in [0.2, 0.25) is 0 Å². The normalized spacial score (nSPS) is 15.1. The van der Waals surface area contributed by atoms with E-state index >= 15 is 0 Å². The minimum Gasteiger partial charge on any atom is -0.393 e. The molecule has 0 heterocycles. The summed E-state index contributed by atoms with van der Waals surface area (Å²) in [6, 6.07) is 0. The van der Waals surface area contributed by atoms with Crippen molar-refractivity contribution >= 4 is 0 Å². The van der Waals surface area contributed by atoms with Crippen molar-refractivity contribution < 1.29 is 5.11 Å². The minimum absolute atomic E-state index is 0.171. The zero-order chi connectivity index (χ0) is 7.82. The highest BCUT2D eigenvalue weighted by molar-refractivity contribution is 5.00. The third-order valence-electron chi connectivity index (χ3n) is 1.19. The molecule has 0 radical (unpaired) electrons. The van der Waals surface area contributed by atoms with Crippen LogP contribution in [-0.4, -0.2) is 11.2 Å². The van der Waals surface area contributed by atoms with Crippen LogP contribution in [-0.2, 0) is 0 Å². The second-order valence-electron chi connectivity index (χ2n) is 2.38. The van der Waals surface area contributed by atoms with Crippen LogP contribution in [0.3, 0.4) is 0 Å². The van der Waals surface area contributed by atoms with Gasteiger partial charge in [0.05, 0.1) is 6.10 Å². The van der Waals surface area contributed by atoms with E-state index in [1.54, 1.807) is 0 Å². The van der Waals surface area contributed by atoms with Crippen LogP contribution in [0.25, 0.3) is 0 Å². The Hall–Kier alpha value is -0.560. The quantitative estimate of drug-likeness (QED) is 0.594. The molecule has 0 saturated heterocycles. The summed E-state index contributed by atoms with van der Waals surface area (Å²) in [7, 11) is 0. The predicted octanol–water partition coefficient (Wildman–Crippen LogP) is 2.28. The molecule has 1 heteroatoms. The molecule has 0 fully saturated rings. The molecule has 1 atom stereocenters. The second-order valence-corrected chi connectivity index (χ2v) is 2.38. The molecular weight excluding hydrogens is 124 g/mol. The summed E-state index contributed by atoms with van der Waals surface area (Å²) in [5.41, 5.74) is 0. The Morgan fingerprint density at radius 1 is 1.40 bits per heavy atom. The van der Waals surface area contributed by atoms with E-state index in [9.17, 15) is 0 Å². The Morgan fingerprint density at radius 2 is 2.10 bits per heavy atom. The van der Waals surface area contributed by atoms with Crippen molar-refractivity contribution in [2.24, 2.45) is 0 Å². The predicted molar refractivity (Wildman–Crippen MR) is 44.9 cm³/mol. The highest BCUT2D eigenvalue weighted by Gasteiger charge is 1.89. The molecule has 0 bridgehead atoms. The zero-order valence-corrected chi connectivity index (χ0v) is 6.75. The lowest BCUT2D eigenvalue weighted by molar-refractivity contribution is 0.186. The van der Waals surface area contributed by atoms with Crippen LogP contribution >= 0.6 is 0 Å². The van der Waals surface area contributed by atoms with Gasteiger partial charge in [-0.3, -0.25) is 0 Å². The highest BCUT2D eigenvalue weighted by Crippen LogP contribution is 1.96. The van der Waals surface area contributed by atoms with Crippen LogP contribution < -0.4 is 0 Å². The van der Waals surface area contributed by atoms with Crippen molar-refractivity contribution in [1.82, 2.24) is 0 Å². The monoisotopic (exact) mass is 140 g/mol. The minimum atomic E-state index is -0.171. The fourth-order valence-corrected chi connectivity index (χ4v) is 0.623. The third kappa shape index (κ3) is 7.44. The van der Waals surface area contributed by atoms with Crippen molar-refractivity contribution in [3.63, 3.8) is 0 Å². The van der Waals surface area contributed by atoms with Crippen LogP contribution in [0, 0.1) is 0 Å². The number of hydrogen-bond donors (Lipinski definition) is 1. The molecular formula is C9H16O. The van der Waals surface area contributed by atoms with Gasteiger partial charge in [0.1, 0.15) is 0 Å². The molecule has 0 spiro atoms. The van der Waals surface area contributed by atoms with Gasteiger partial charge in [-0.2, -0.15) is 0 Å². The number of aliphatic hydroxyl groups excluding tert-OH is 1. The van der Waals surface area contributed by atoms with Crippen LogP contribution in [0.2, 0.25) is 0 Å². The average molecular weight is 140 g/mol.